The Morgan fingerprint density at radius 1 is 1.07 bits per heavy atom. The number of nitrogens with one attached hydrogen (secondary N) is 2. The van der Waals surface area contributed by atoms with E-state index >= 15 is 0 Å². The summed E-state index contributed by atoms with van der Waals surface area (Å²) >= 11 is 1.58. The lowest BCUT2D eigenvalue weighted by Gasteiger charge is -2.06. The molecule has 3 aromatic rings. The number of benzene rings is 2. The maximum Gasteiger partial charge on any atom is 0.313 e. The summed E-state index contributed by atoms with van der Waals surface area (Å²) in [6.45, 7) is 4.28. The van der Waals surface area contributed by atoms with E-state index in [4.69, 9.17) is 0 Å². The zero-order valence-corrected chi connectivity index (χ0v) is 16.4. The minimum Gasteiger partial charge on any atom is -0.347 e. The van der Waals surface area contributed by atoms with Gasteiger partial charge in [0, 0.05) is 29.1 Å². The Labute approximate surface area is 166 Å². The van der Waals surface area contributed by atoms with Crippen molar-refractivity contribution in [3.05, 3.63) is 70.5 Å². The van der Waals surface area contributed by atoms with E-state index in [1.54, 1.807) is 11.3 Å². The van der Waals surface area contributed by atoms with Crippen molar-refractivity contribution in [2.24, 2.45) is 0 Å². The number of anilines is 1. The van der Waals surface area contributed by atoms with Crippen LogP contribution in [0.4, 0.5) is 10.1 Å². The molecule has 0 aliphatic carbocycles. The van der Waals surface area contributed by atoms with Crippen molar-refractivity contribution in [3.63, 3.8) is 0 Å². The maximum atomic E-state index is 13.1. The maximum absolute atomic E-state index is 13.1. The molecule has 0 bridgehead atoms. The third-order valence-corrected chi connectivity index (χ3v) is 5.35. The van der Waals surface area contributed by atoms with Crippen LogP contribution in [0.3, 0.4) is 0 Å². The van der Waals surface area contributed by atoms with Crippen molar-refractivity contribution in [2.45, 2.75) is 20.3 Å². The molecule has 0 fully saturated rings. The molecule has 5 nitrogen and oxygen atoms in total. The minimum atomic E-state index is -0.827. The van der Waals surface area contributed by atoms with Crippen molar-refractivity contribution in [1.29, 1.82) is 0 Å². The summed E-state index contributed by atoms with van der Waals surface area (Å²) in [5.74, 6) is -2.07. The molecule has 2 N–H and O–H groups in total. The standard InChI is InChI=1S/C21H20FN3O2S/c1-13-5-3-6-15(11-13)21-24-14(2)18(28-21)9-10-23-19(26)20(27)25-17-8-4-7-16(22)12-17/h3-8,11-12H,9-10H2,1-2H3,(H,23,26)(H,25,27). The molecule has 0 radical (unpaired) electrons. The Morgan fingerprint density at radius 2 is 1.86 bits per heavy atom. The van der Waals surface area contributed by atoms with Crippen molar-refractivity contribution in [3.8, 4) is 10.6 Å². The van der Waals surface area contributed by atoms with Gasteiger partial charge in [0.15, 0.2) is 0 Å². The first-order valence-electron chi connectivity index (χ1n) is 8.80. The molecule has 0 atom stereocenters. The summed E-state index contributed by atoms with van der Waals surface area (Å²) in [6.07, 6.45) is 0.578. The molecule has 0 aliphatic heterocycles. The Morgan fingerprint density at radius 3 is 2.61 bits per heavy atom. The smallest absolute Gasteiger partial charge is 0.313 e. The van der Waals surface area contributed by atoms with Gasteiger partial charge in [-0.1, -0.05) is 29.8 Å². The van der Waals surface area contributed by atoms with Crippen LogP contribution in [0.25, 0.3) is 10.6 Å². The highest BCUT2D eigenvalue weighted by molar-refractivity contribution is 7.15. The lowest BCUT2D eigenvalue weighted by Crippen LogP contribution is -2.36. The lowest BCUT2D eigenvalue weighted by molar-refractivity contribution is -0.136. The highest BCUT2D eigenvalue weighted by Crippen LogP contribution is 2.28. The van der Waals surface area contributed by atoms with Crippen LogP contribution in [0, 0.1) is 19.7 Å². The number of aromatic nitrogens is 1. The topological polar surface area (TPSA) is 71.1 Å². The molecule has 1 heterocycles. The highest BCUT2D eigenvalue weighted by atomic mass is 32.1. The molecule has 3 rings (SSSR count). The number of carbonyl (C=O) groups is 2. The van der Waals surface area contributed by atoms with Crippen molar-refractivity contribution in [1.82, 2.24) is 10.3 Å². The first-order chi connectivity index (χ1) is 13.4. The molecule has 0 unspecified atom stereocenters. The Bertz CT molecular complexity index is 1020. The molecule has 28 heavy (non-hydrogen) atoms. The lowest BCUT2D eigenvalue weighted by atomic mass is 10.1. The minimum absolute atomic E-state index is 0.237. The van der Waals surface area contributed by atoms with E-state index in [0.29, 0.717) is 13.0 Å². The second-order valence-corrected chi connectivity index (χ2v) is 7.45. The van der Waals surface area contributed by atoms with Crippen LogP contribution >= 0.6 is 11.3 Å². The van der Waals surface area contributed by atoms with E-state index in [1.807, 2.05) is 32.0 Å². The van der Waals surface area contributed by atoms with Gasteiger partial charge in [-0.2, -0.15) is 0 Å². The number of hydrogen-bond acceptors (Lipinski definition) is 4. The number of amides is 2. The highest BCUT2D eigenvalue weighted by Gasteiger charge is 2.15. The largest absolute Gasteiger partial charge is 0.347 e. The zero-order chi connectivity index (χ0) is 20.1. The molecule has 0 spiro atoms. The predicted octanol–water partition coefficient (Wildman–Crippen LogP) is 3.86. The molecular formula is C21H20FN3O2S. The van der Waals surface area contributed by atoms with Gasteiger partial charge in [-0.25, -0.2) is 9.37 Å². The summed E-state index contributed by atoms with van der Waals surface area (Å²) in [5, 5.41) is 5.89. The van der Waals surface area contributed by atoms with E-state index in [0.717, 1.165) is 27.2 Å². The number of carbonyl (C=O) groups excluding carboxylic acids is 2. The molecule has 2 aromatic carbocycles. The second kappa shape index (κ2) is 8.75. The van der Waals surface area contributed by atoms with Crippen LogP contribution in [0.2, 0.25) is 0 Å². The average molecular weight is 397 g/mol. The molecule has 144 valence electrons. The number of halogens is 1. The van der Waals surface area contributed by atoms with Gasteiger partial charge in [-0.15, -0.1) is 11.3 Å². The monoisotopic (exact) mass is 397 g/mol. The third kappa shape index (κ3) is 5.01. The molecule has 7 heteroatoms. The predicted molar refractivity (Wildman–Crippen MR) is 109 cm³/mol. The van der Waals surface area contributed by atoms with Gasteiger partial charge < -0.3 is 10.6 Å². The van der Waals surface area contributed by atoms with Gasteiger partial charge in [-0.3, -0.25) is 9.59 Å². The molecule has 0 saturated heterocycles. The van der Waals surface area contributed by atoms with E-state index in [-0.39, 0.29) is 5.69 Å². The Hall–Kier alpha value is -3.06. The molecule has 0 saturated carbocycles. The van der Waals surface area contributed by atoms with E-state index in [2.05, 4.69) is 21.7 Å². The van der Waals surface area contributed by atoms with Crippen LogP contribution in [0.1, 0.15) is 16.1 Å². The summed E-state index contributed by atoms with van der Waals surface area (Å²) in [4.78, 5) is 29.5. The SMILES string of the molecule is Cc1cccc(-c2nc(C)c(CCNC(=O)C(=O)Nc3cccc(F)c3)s2)c1. The van der Waals surface area contributed by atoms with Crippen LogP contribution in [-0.4, -0.2) is 23.3 Å². The van der Waals surface area contributed by atoms with E-state index < -0.39 is 17.6 Å². The quantitative estimate of drug-likeness (QED) is 0.642. The van der Waals surface area contributed by atoms with Crippen molar-refractivity contribution < 1.29 is 14.0 Å². The molecular weight excluding hydrogens is 377 g/mol. The normalized spacial score (nSPS) is 10.5. The fourth-order valence-electron chi connectivity index (χ4n) is 2.69. The van der Waals surface area contributed by atoms with Crippen LogP contribution in [0.15, 0.2) is 48.5 Å². The Balaban J connectivity index is 1.54. The van der Waals surface area contributed by atoms with Crippen LogP contribution in [0.5, 0.6) is 0 Å². The van der Waals surface area contributed by atoms with Gasteiger partial charge in [0.1, 0.15) is 10.8 Å². The van der Waals surface area contributed by atoms with Gasteiger partial charge in [0.05, 0.1) is 5.69 Å². The van der Waals surface area contributed by atoms with Gasteiger partial charge >= 0.3 is 11.8 Å². The Kier molecular flexibility index (Phi) is 6.16. The fraction of sp³-hybridized carbons (Fsp3) is 0.190. The molecule has 2 amide bonds. The summed E-state index contributed by atoms with van der Waals surface area (Å²) in [5.41, 5.74) is 3.39. The third-order valence-electron chi connectivity index (χ3n) is 4.08. The van der Waals surface area contributed by atoms with Crippen LogP contribution < -0.4 is 10.6 Å². The number of rotatable bonds is 5. The van der Waals surface area contributed by atoms with Crippen molar-refractivity contribution in [2.75, 3.05) is 11.9 Å². The van der Waals surface area contributed by atoms with Gasteiger partial charge in [0.2, 0.25) is 0 Å². The molecule has 1 aromatic heterocycles. The average Bonchev–Trinajstić information content (AvgIpc) is 3.02. The van der Waals surface area contributed by atoms with Gasteiger partial charge in [-0.05, 0) is 38.1 Å². The van der Waals surface area contributed by atoms with E-state index in [1.165, 1.54) is 23.8 Å². The first kappa shape index (κ1) is 19.7. The number of aryl methyl sites for hydroxylation is 2. The number of thiazole rings is 1. The molecule has 0 aliphatic rings. The van der Waals surface area contributed by atoms with Gasteiger partial charge in [0.25, 0.3) is 0 Å². The van der Waals surface area contributed by atoms with Crippen LogP contribution in [-0.2, 0) is 16.0 Å². The summed E-state index contributed by atoms with van der Waals surface area (Å²) in [6, 6.07) is 13.5. The zero-order valence-electron chi connectivity index (χ0n) is 15.6. The summed E-state index contributed by atoms with van der Waals surface area (Å²) < 4.78 is 13.1. The number of hydrogen-bond donors (Lipinski definition) is 2. The number of nitrogens with zero attached hydrogens (tertiary/aromatic N) is 1. The fourth-order valence-corrected chi connectivity index (χ4v) is 3.74. The van der Waals surface area contributed by atoms with Crippen molar-refractivity contribution >= 4 is 28.8 Å². The second-order valence-electron chi connectivity index (χ2n) is 6.37. The van der Waals surface area contributed by atoms with E-state index in [9.17, 15) is 14.0 Å². The first-order valence-corrected chi connectivity index (χ1v) is 9.62. The summed E-state index contributed by atoms with van der Waals surface area (Å²) in [7, 11) is 0.